The van der Waals surface area contributed by atoms with E-state index < -0.39 is 0 Å². The number of nitrogens with zero attached hydrogens (tertiary/aromatic N) is 5. The van der Waals surface area contributed by atoms with Crippen LogP contribution in [0.15, 0.2) is 43.0 Å². The average molecular weight is 296 g/mol. The van der Waals surface area contributed by atoms with E-state index in [0.717, 1.165) is 11.4 Å². The van der Waals surface area contributed by atoms with E-state index in [4.69, 9.17) is 0 Å². The Bertz CT molecular complexity index is 773. The van der Waals surface area contributed by atoms with Crippen LogP contribution in [0, 0.1) is 13.8 Å². The Labute approximate surface area is 127 Å². The van der Waals surface area contributed by atoms with E-state index >= 15 is 0 Å². The molecular formula is C15H16N6O. The van der Waals surface area contributed by atoms with Crippen molar-refractivity contribution in [1.82, 2.24) is 24.3 Å². The van der Waals surface area contributed by atoms with E-state index in [-0.39, 0.29) is 12.5 Å². The lowest BCUT2D eigenvalue weighted by Crippen LogP contribution is -2.18. The third-order valence-corrected chi connectivity index (χ3v) is 3.11. The molecule has 3 heterocycles. The largest absolute Gasteiger partial charge is 0.345 e. The fraction of sp³-hybridized carbons (Fsp3) is 0.200. The highest BCUT2D eigenvalue weighted by Crippen LogP contribution is 2.09. The van der Waals surface area contributed by atoms with Crippen molar-refractivity contribution in [2.75, 3.05) is 5.32 Å². The van der Waals surface area contributed by atoms with Gasteiger partial charge >= 0.3 is 0 Å². The summed E-state index contributed by atoms with van der Waals surface area (Å²) in [5.41, 5.74) is 2.43. The van der Waals surface area contributed by atoms with Gasteiger partial charge in [-0.25, -0.2) is 14.6 Å². The molecule has 0 aromatic carbocycles. The molecule has 7 nitrogen and oxygen atoms in total. The fourth-order valence-corrected chi connectivity index (χ4v) is 2.17. The Morgan fingerprint density at radius 2 is 1.86 bits per heavy atom. The van der Waals surface area contributed by atoms with Crippen LogP contribution in [0.2, 0.25) is 0 Å². The number of rotatable bonds is 4. The van der Waals surface area contributed by atoms with Crippen molar-refractivity contribution in [2.45, 2.75) is 20.4 Å². The highest BCUT2D eigenvalue weighted by molar-refractivity contribution is 5.90. The second-order valence-corrected chi connectivity index (χ2v) is 5.01. The molecular weight excluding hydrogens is 280 g/mol. The van der Waals surface area contributed by atoms with Crippen molar-refractivity contribution in [2.24, 2.45) is 0 Å². The Hall–Kier alpha value is -2.96. The summed E-state index contributed by atoms with van der Waals surface area (Å²) in [4.78, 5) is 20.4. The third-order valence-electron chi connectivity index (χ3n) is 3.11. The second-order valence-electron chi connectivity index (χ2n) is 5.01. The van der Waals surface area contributed by atoms with Gasteiger partial charge in [-0.1, -0.05) is 0 Å². The van der Waals surface area contributed by atoms with Crippen LogP contribution in [-0.4, -0.2) is 30.2 Å². The summed E-state index contributed by atoms with van der Waals surface area (Å²) in [5.74, 6) is 0.354. The lowest BCUT2D eigenvalue weighted by atomic mass is 10.4. The first-order chi connectivity index (χ1) is 10.6. The Balaban J connectivity index is 1.69. The van der Waals surface area contributed by atoms with Crippen LogP contribution in [0.1, 0.15) is 11.4 Å². The predicted molar refractivity (Wildman–Crippen MR) is 81.7 cm³/mol. The molecule has 0 aliphatic rings. The molecule has 0 saturated heterocycles. The summed E-state index contributed by atoms with van der Waals surface area (Å²) in [5, 5.41) is 7.09. The smallest absolute Gasteiger partial charge is 0.250 e. The molecule has 0 bridgehead atoms. The van der Waals surface area contributed by atoms with Crippen LogP contribution in [0.25, 0.3) is 5.95 Å². The molecule has 0 fully saturated rings. The van der Waals surface area contributed by atoms with Gasteiger partial charge in [0.2, 0.25) is 5.91 Å². The van der Waals surface area contributed by atoms with Crippen LogP contribution in [-0.2, 0) is 11.3 Å². The second kappa shape index (κ2) is 5.80. The summed E-state index contributed by atoms with van der Waals surface area (Å²) in [6, 6.07) is 5.70. The first-order valence-corrected chi connectivity index (χ1v) is 6.88. The molecule has 0 saturated carbocycles. The molecule has 22 heavy (non-hydrogen) atoms. The Morgan fingerprint density at radius 3 is 2.45 bits per heavy atom. The van der Waals surface area contributed by atoms with Crippen LogP contribution in [0.4, 0.5) is 5.69 Å². The maximum Gasteiger partial charge on any atom is 0.250 e. The van der Waals surface area contributed by atoms with E-state index in [2.05, 4.69) is 20.4 Å². The topological polar surface area (TPSA) is 77.6 Å². The van der Waals surface area contributed by atoms with Crippen LogP contribution < -0.4 is 5.32 Å². The lowest BCUT2D eigenvalue weighted by molar-refractivity contribution is -0.116. The third kappa shape index (κ3) is 3.03. The summed E-state index contributed by atoms with van der Waals surface area (Å²) in [6.45, 7) is 4.11. The molecule has 0 aliphatic heterocycles. The fourth-order valence-electron chi connectivity index (χ4n) is 2.17. The van der Waals surface area contributed by atoms with Gasteiger partial charge in [-0.3, -0.25) is 4.79 Å². The maximum absolute atomic E-state index is 11.9. The number of hydrogen-bond acceptors (Lipinski definition) is 4. The molecule has 1 N–H and O–H groups in total. The summed E-state index contributed by atoms with van der Waals surface area (Å²) < 4.78 is 3.46. The highest BCUT2D eigenvalue weighted by atomic mass is 16.1. The SMILES string of the molecule is Cc1cc(C)n(-c2ncc(NC(=O)Cn3cccc3)cn2)n1. The molecule has 1 amide bonds. The minimum Gasteiger partial charge on any atom is -0.345 e. The number of amides is 1. The van der Waals surface area contributed by atoms with Gasteiger partial charge in [-0.2, -0.15) is 5.10 Å². The van der Waals surface area contributed by atoms with Gasteiger partial charge in [-0.15, -0.1) is 0 Å². The monoisotopic (exact) mass is 296 g/mol. The van der Waals surface area contributed by atoms with Crippen molar-refractivity contribution in [3.05, 3.63) is 54.4 Å². The van der Waals surface area contributed by atoms with Gasteiger partial charge in [0.05, 0.1) is 23.8 Å². The number of hydrogen-bond donors (Lipinski definition) is 1. The molecule has 0 aliphatic carbocycles. The Morgan fingerprint density at radius 1 is 1.18 bits per heavy atom. The van der Waals surface area contributed by atoms with E-state index in [1.807, 2.05) is 44.4 Å². The average Bonchev–Trinajstić information content (AvgIpc) is 3.09. The van der Waals surface area contributed by atoms with Gasteiger partial charge in [0.1, 0.15) is 6.54 Å². The standard InChI is InChI=1S/C15H16N6O/c1-11-7-12(2)21(19-11)15-16-8-13(9-17-15)18-14(22)10-20-5-3-4-6-20/h3-9H,10H2,1-2H3,(H,18,22). The number of aromatic nitrogens is 5. The maximum atomic E-state index is 11.9. The molecule has 0 radical (unpaired) electrons. The van der Waals surface area contributed by atoms with Gasteiger partial charge in [-0.05, 0) is 32.0 Å². The van der Waals surface area contributed by atoms with E-state index in [1.54, 1.807) is 21.6 Å². The van der Waals surface area contributed by atoms with Gasteiger partial charge in [0.15, 0.2) is 0 Å². The minimum atomic E-state index is -0.126. The van der Waals surface area contributed by atoms with Crippen molar-refractivity contribution in [3.63, 3.8) is 0 Å². The number of carbonyl (C=O) groups excluding carboxylic acids is 1. The van der Waals surface area contributed by atoms with Crippen molar-refractivity contribution < 1.29 is 4.79 Å². The minimum absolute atomic E-state index is 0.126. The molecule has 3 aromatic heterocycles. The molecule has 3 aromatic rings. The summed E-state index contributed by atoms with van der Waals surface area (Å²) in [7, 11) is 0. The zero-order valence-electron chi connectivity index (χ0n) is 12.4. The zero-order chi connectivity index (χ0) is 15.5. The quantitative estimate of drug-likeness (QED) is 0.795. The first kappa shape index (κ1) is 14.0. The molecule has 112 valence electrons. The van der Waals surface area contributed by atoms with Gasteiger partial charge in [0, 0.05) is 18.1 Å². The molecule has 7 heteroatoms. The van der Waals surface area contributed by atoms with Crippen LogP contribution >= 0.6 is 0 Å². The lowest BCUT2D eigenvalue weighted by Gasteiger charge is -2.07. The van der Waals surface area contributed by atoms with Crippen molar-refractivity contribution >= 4 is 11.6 Å². The van der Waals surface area contributed by atoms with Crippen LogP contribution in [0.3, 0.4) is 0 Å². The number of anilines is 1. The van der Waals surface area contributed by atoms with Crippen LogP contribution in [0.5, 0.6) is 0 Å². The molecule has 0 unspecified atom stereocenters. The van der Waals surface area contributed by atoms with Gasteiger partial charge < -0.3 is 9.88 Å². The molecule has 0 atom stereocenters. The number of carbonyl (C=O) groups is 1. The zero-order valence-corrected chi connectivity index (χ0v) is 12.4. The Kier molecular flexibility index (Phi) is 3.69. The number of aryl methyl sites for hydroxylation is 2. The first-order valence-electron chi connectivity index (χ1n) is 6.88. The normalized spacial score (nSPS) is 10.6. The molecule has 3 rings (SSSR count). The van der Waals surface area contributed by atoms with Crippen molar-refractivity contribution in [3.8, 4) is 5.95 Å². The van der Waals surface area contributed by atoms with E-state index in [0.29, 0.717) is 11.6 Å². The highest BCUT2D eigenvalue weighted by Gasteiger charge is 2.08. The summed E-state index contributed by atoms with van der Waals surface area (Å²) >= 11 is 0. The van der Waals surface area contributed by atoms with Gasteiger partial charge in [0.25, 0.3) is 5.95 Å². The number of nitrogens with one attached hydrogen (secondary N) is 1. The van der Waals surface area contributed by atoms with E-state index in [9.17, 15) is 4.79 Å². The predicted octanol–water partition coefficient (Wildman–Crippen LogP) is 1.72. The molecule has 0 spiro atoms. The summed E-state index contributed by atoms with van der Waals surface area (Å²) in [6.07, 6.45) is 6.82. The van der Waals surface area contributed by atoms with E-state index in [1.165, 1.54) is 0 Å². The van der Waals surface area contributed by atoms with Crippen molar-refractivity contribution in [1.29, 1.82) is 0 Å².